The van der Waals surface area contributed by atoms with Crippen LogP contribution in [0.5, 0.6) is 0 Å². The van der Waals surface area contributed by atoms with Crippen molar-refractivity contribution in [2.45, 2.75) is 0 Å². The fourth-order valence-corrected chi connectivity index (χ4v) is 0. The quantitative estimate of drug-likeness (QED) is 0.127. The van der Waals surface area contributed by atoms with Gasteiger partial charge in [-0.1, -0.05) is 0 Å². The summed E-state index contributed by atoms with van der Waals surface area (Å²) in [5.41, 5.74) is 0. The summed E-state index contributed by atoms with van der Waals surface area (Å²) >= 11 is 0. The van der Waals surface area contributed by atoms with E-state index in [1.54, 1.807) is 0 Å². The van der Waals surface area contributed by atoms with E-state index in [9.17, 15) is 0 Å². The number of nitrogens with zero attached hydrogens (tertiary/aromatic N) is 6. The van der Waals surface area contributed by atoms with Gasteiger partial charge in [0, 0.05) is 71.2 Å². The molecular weight excluding hydrogens is 795 g/mol. The number of rotatable bonds is 0. The molecule has 33 heteroatoms. The Balaban J connectivity index is -0.00000000859. The normalized spacial score (nSPS) is 4.36. The van der Waals surface area contributed by atoms with Crippen LogP contribution in [-0.4, -0.2) is 123 Å². The third kappa shape index (κ3) is 106000. The Morgan fingerprint density at radius 2 is 0.303 bits per heavy atom. The van der Waals surface area contributed by atoms with Crippen LogP contribution in [0, 0.1) is 163 Å². The third-order valence-corrected chi connectivity index (χ3v) is 0. The SMILES string of the molecule is O=[N+]([O-])[O-].O=[N+]([O-])[O-].O=[N+]([O-])[O-].O=[N+]([O-])[O-].O=[N+]([O-])[O-].O=[N+]([O-])[O-].[La].[La].[Mg+2].[Mg+2].[MgH2].[MgH2].[O-2].[O-2].[O-2]. The van der Waals surface area contributed by atoms with Gasteiger partial charge in [-0.2, -0.15) is 0 Å². The predicted molar refractivity (Wildman–Crippen MR) is 92.8 cm³/mol. The zero-order valence-corrected chi connectivity index (χ0v) is 23.9. The van der Waals surface area contributed by atoms with E-state index in [-0.39, 0.29) is 180 Å². The molecule has 0 atom stereocenters. The van der Waals surface area contributed by atoms with Crippen LogP contribution in [0.2, 0.25) is 0 Å². The smallest absolute Gasteiger partial charge is 2.00 e. The molecular formula is H4La2Mg4N6O21-8. The zero-order valence-electron chi connectivity index (χ0n) is 13.8. The second kappa shape index (κ2) is 94.2. The van der Waals surface area contributed by atoms with Crippen molar-refractivity contribution in [1.82, 2.24) is 0 Å². The molecule has 27 nitrogen and oxygen atoms in total. The molecule has 0 aliphatic heterocycles. The summed E-state index contributed by atoms with van der Waals surface area (Å²) in [4.78, 5) is 49.5. The molecule has 0 saturated heterocycles. The Kier molecular flexibility index (Phi) is 295. The molecule has 0 spiro atoms. The summed E-state index contributed by atoms with van der Waals surface area (Å²) in [6.07, 6.45) is 0. The molecule has 2 radical (unpaired) electrons. The van der Waals surface area contributed by atoms with Crippen LogP contribution in [0.3, 0.4) is 0 Å². The molecule has 0 amide bonds. The maximum Gasteiger partial charge on any atom is 2.00 e. The minimum absolute atomic E-state index is 0. The van der Waals surface area contributed by atoms with Gasteiger partial charge in [-0.15, -0.1) is 0 Å². The molecule has 0 aromatic carbocycles. The van der Waals surface area contributed by atoms with Crippen LogP contribution >= 0.6 is 0 Å². The summed E-state index contributed by atoms with van der Waals surface area (Å²) in [7, 11) is 0. The minimum Gasteiger partial charge on any atom is -2.00 e. The molecule has 0 rings (SSSR count). The monoisotopic (exact) mass is 798 g/mol. The van der Waals surface area contributed by atoms with Crippen molar-refractivity contribution in [1.29, 1.82) is 0 Å². The molecule has 0 aliphatic rings. The summed E-state index contributed by atoms with van der Waals surface area (Å²) in [6.45, 7) is 0. The van der Waals surface area contributed by atoms with E-state index in [1.165, 1.54) is 0 Å². The van der Waals surface area contributed by atoms with E-state index < -0.39 is 30.5 Å². The maximum atomic E-state index is 8.25. The standard InChI is InChI=1S/2La.4Mg.6NO3.3O.4H/c;;;;;;6*2-1(3)4;;;;;;;/q;;;;2*+2;6*-1;3*-2;;;;. The van der Waals surface area contributed by atoms with E-state index in [0.29, 0.717) is 0 Å². The van der Waals surface area contributed by atoms with Gasteiger partial charge in [0.05, 0.1) is 30.5 Å². The summed E-state index contributed by atoms with van der Waals surface area (Å²) in [5, 5.41) is 88.5. The van der Waals surface area contributed by atoms with Gasteiger partial charge >= 0.3 is 92.2 Å². The molecule has 0 aliphatic carbocycles. The van der Waals surface area contributed by atoms with Gasteiger partial charge in [0.1, 0.15) is 0 Å². The summed E-state index contributed by atoms with van der Waals surface area (Å²) in [6, 6.07) is 0. The van der Waals surface area contributed by atoms with Crippen LogP contribution < -0.4 is 0 Å². The Bertz CT molecular complexity index is 280. The third-order valence-electron chi connectivity index (χ3n) is 0. The van der Waals surface area contributed by atoms with Gasteiger partial charge in [0.25, 0.3) is 0 Å². The average molecular weight is 799 g/mol. The molecule has 33 heavy (non-hydrogen) atoms. The molecule has 0 N–H and O–H groups in total. The van der Waals surface area contributed by atoms with Gasteiger partial charge in [0.15, 0.2) is 0 Å². The Labute approximate surface area is 298 Å². The molecule has 0 heterocycles. The Morgan fingerprint density at radius 1 is 0.303 bits per heavy atom. The largest absolute Gasteiger partial charge is 2.00 e. The van der Waals surface area contributed by atoms with Gasteiger partial charge in [-0.25, -0.2) is 0 Å². The molecule has 0 aromatic rings. The molecule has 0 saturated carbocycles. The van der Waals surface area contributed by atoms with E-state index in [0.717, 1.165) is 0 Å². The van der Waals surface area contributed by atoms with Crippen LogP contribution in [0.25, 0.3) is 0 Å². The van der Waals surface area contributed by atoms with Gasteiger partial charge in [-0.3, -0.25) is 0 Å². The van der Waals surface area contributed by atoms with Crippen LogP contribution in [0.15, 0.2) is 0 Å². The van der Waals surface area contributed by atoms with Crippen LogP contribution in [0.1, 0.15) is 0 Å². The van der Waals surface area contributed by atoms with E-state index in [4.69, 9.17) is 91.9 Å². The van der Waals surface area contributed by atoms with Crippen molar-refractivity contribution >= 4 is 92.2 Å². The van der Waals surface area contributed by atoms with Gasteiger partial charge < -0.3 is 108 Å². The molecule has 0 bridgehead atoms. The first-order chi connectivity index (χ1) is 10.4. The van der Waals surface area contributed by atoms with Crippen molar-refractivity contribution < 1.29 is 118 Å². The fraction of sp³-hybridized carbons (Fsp3) is 0. The van der Waals surface area contributed by atoms with Crippen molar-refractivity contribution in [3.8, 4) is 0 Å². The number of hydrogen-bond acceptors (Lipinski definition) is 18. The molecule has 182 valence electrons. The minimum atomic E-state index is -1.75. The van der Waals surface area contributed by atoms with Crippen molar-refractivity contribution in [2.75, 3.05) is 0 Å². The average Bonchev–Trinajstić information content (AvgIpc) is 2.08. The van der Waals surface area contributed by atoms with E-state index in [1.807, 2.05) is 0 Å². The predicted octanol–water partition coefficient (Wildman–Crippen LogP) is -4.38. The maximum absolute atomic E-state index is 8.25. The Morgan fingerprint density at radius 3 is 0.303 bits per heavy atom. The molecule has 0 aromatic heterocycles. The number of hydrogen-bond donors (Lipinski definition) is 0. The zero-order chi connectivity index (χ0) is 21.5. The van der Waals surface area contributed by atoms with Crippen molar-refractivity contribution in [3.63, 3.8) is 0 Å². The topological polar surface area (TPSA) is 483 Å². The summed E-state index contributed by atoms with van der Waals surface area (Å²) < 4.78 is 0. The second-order valence-electron chi connectivity index (χ2n) is 1.34. The first kappa shape index (κ1) is 103. The Hall–Kier alpha value is 0.535. The van der Waals surface area contributed by atoms with Crippen molar-refractivity contribution in [3.05, 3.63) is 91.9 Å². The first-order valence-electron chi connectivity index (χ1n) is 3.29. The van der Waals surface area contributed by atoms with Crippen LogP contribution in [0.4, 0.5) is 0 Å². The van der Waals surface area contributed by atoms with E-state index in [2.05, 4.69) is 0 Å². The van der Waals surface area contributed by atoms with Gasteiger partial charge in [0.2, 0.25) is 0 Å². The fourth-order valence-electron chi connectivity index (χ4n) is 0. The van der Waals surface area contributed by atoms with Crippen molar-refractivity contribution in [2.24, 2.45) is 0 Å². The van der Waals surface area contributed by atoms with E-state index >= 15 is 0 Å². The molecule has 0 unspecified atom stereocenters. The first-order valence-corrected chi connectivity index (χ1v) is 3.29. The van der Waals surface area contributed by atoms with Crippen LogP contribution in [-0.2, 0) is 16.4 Å². The second-order valence-corrected chi connectivity index (χ2v) is 1.34. The summed E-state index contributed by atoms with van der Waals surface area (Å²) in [5.74, 6) is 0. The van der Waals surface area contributed by atoms with Gasteiger partial charge in [-0.05, 0) is 0 Å². The molecule has 0 fully saturated rings.